The summed E-state index contributed by atoms with van der Waals surface area (Å²) in [7, 11) is 0. The van der Waals surface area contributed by atoms with Crippen LogP contribution in [0.3, 0.4) is 0 Å². The number of benzene rings is 1. The molecule has 1 aliphatic heterocycles. The third-order valence-corrected chi connectivity index (χ3v) is 3.70. The molecule has 0 unspecified atom stereocenters. The molecule has 1 aromatic carbocycles. The lowest BCUT2D eigenvalue weighted by atomic mass is 10.0. The normalized spacial score (nSPS) is 16.0. The van der Waals surface area contributed by atoms with E-state index in [-0.39, 0.29) is 5.97 Å². The maximum Gasteiger partial charge on any atom is 0.339 e. The average molecular weight is 308 g/mol. The second-order valence-corrected chi connectivity index (χ2v) is 6.89. The first-order valence-corrected chi connectivity index (χ1v) is 7.75. The van der Waals surface area contributed by atoms with Crippen molar-refractivity contribution in [3.05, 3.63) is 23.3 Å². The van der Waals surface area contributed by atoms with Gasteiger partial charge in [0.15, 0.2) is 0 Å². The van der Waals surface area contributed by atoms with E-state index < -0.39 is 5.60 Å². The number of piperazine rings is 1. The lowest BCUT2D eigenvalue weighted by Crippen LogP contribution is -2.44. The fourth-order valence-corrected chi connectivity index (χ4v) is 2.71. The fraction of sp³-hybridized carbons (Fsp3) is 0.562. The number of hydrogen-bond acceptors (Lipinski definition) is 5. The van der Waals surface area contributed by atoms with E-state index in [0.717, 1.165) is 42.3 Å². The van der Waals surface area contributed by atoms with E-state index in [1.807, 2.05) is 33.8 Å². The van der Waals surface area contributed by atoms with Gasteiger partial charge < -0.3 is 15.0 Å². The molecule has 5 heteroatoms. The Morgan fingerprint density at radius 2 is 1.90 bits per heavy atom. The van der Waals surface area contributed by atoms with Gasteiger partial charge in [-0.05, 0) is 45.4 Å². The van der Waals surface area contributed by atoms with Crippen LogP contribution in [0.2, 0.25) is 0 Å². The third-order valence-electron chi connectivity index (χ3n) is 3.44. The summed E-state index contributed by atoms with van der Waals surface area (Å²) in [5.41, 5.74) is 2.14. The predicted molar refractivity (Wildman–Crippen MR) is 88.7 cm³/mol. The zero-order chi connectivity index (χ0) is 15.6. The van der Waals surface area contributed by atoms with E-state index >= 15 is 0 Å². The van der Waals surface area contributed by atoms with Gasteiger partial charge in [0, 0.05) is 36.8 Å². The SMILES string of the molecule is Cc1c(C(=O)OC(C)(C)C)cc(S)cc1N1CCNCC1. The molecule has 0 bridgehead atoms. The van der Waals surface area contributed by atoms with Crippen LogP contribution < -0.4 is 10.2 Å². The highest BCUT2D eigenvalue weighted by molar-refractivity contribution is 7.80. The number of hydrogen-bond donors (Lipinski definition) is 2. The second-order valence-electron chi connectivity index (χ2n) is 6.38. The van der Waals surface area contributed by atoms with Gasteiger partial charge in [-0.25, -0.2) is 4.79 Å². The van der Waals surface area contributed by atoms with Gasteiger partial charge in [0.2, 0.25) is 0 Å². The molecule has 0 amide bonds. The van der Waals surface area contributed by atoms with Crippen molar-refractivity contribution in [1.29, 1.82) is 0 Å². The van der Waals surface area contributed by atoms with E-state index in [2.05, 4.69) is 22.8 Å². The highest BCUT2D eigenvalue weighted by atomic mass is 32.1. The van der Waals surface area contributed by atoms with E-state index in [9.17, 15) is 4.79 Å². The number of anilines is 1. The van der Waals surface area contributed by atoms with Crippen molar-refractivity contribution >= 4 is 24.3 Å². The molecule has 0 aliphatic carbocycles. The summed E-state index contributed by atoms with van der Waals surface area (Å²) in [5, 5.41) is 3.33. The number of carbonyl (C=O) groups excluding carboxylic acids is 1. The molecule has 0 atom stereocenters. The maximum atomic E-state index is 12.4. The highest BCUT2D eigenvalue weighted by Crippen LogP contribution is 2.29. The van der Waals surface area contributed by atoms with Crippen LogP contribution in [-0.4, -0.2) is 37.7 Å². The Kier molecular flexibility index (Phi) is 4.84. The Bertz CT molecular complexity index is 532. The summed E-state index contributed by atoms with van der Waals surface area (Å²) >= 11 is 4.45. The van der Waals surface area contributed by atoms with Crippen molar-refractivity contribution in [2.75, 3.05) is 31.1 Å². The summed E-state index contributed by atoms with van der Waals surface area (Å²) in [5.74, 6) is -0.285. The number of ether oxygens (including phenoxy) is 1. The van der Waals surface area contributed by atoms with Crippen molar-refractivity contribution in [1.82, 2.24) is 5.32 Å². The van der Waals surface area contributed by atoms with E-state index in [4.69, 9.17) is 4.74 Å². The smallest absolute Gasteiger partial charge is 0.339 e. The summed E-state index contributed by atoms with van der Waals surface area (Å²) < 4.78 is 5.50. The molecular weight excluding hydrogens is 284 g/mol. The third kappa shape index (κ3) is 4.14. The van der Waals surface area contributed by atoms with Gasteiger partial charge in [0.05, 0.1) is 5.56 Å². The minimum Gasteiger partial charge on any atom is -0.456 e. The summed E-state index contributed by atoms with van der Waals surface area (Å²) in [6, 6.07) is 3.82. The summed E-state index contributed by atoms with van der Waals surface area (Å²) in [4.78, 5) is 15.5. The number of esters is 1. The van der Waals surface area contributed by atoms with Crippen LogP contribution >= 0.6 is 12.6 Å². The molecule has 1 heterocycles. The van der Waals surface area contributed by atoms with Gasteiger partial charge >= 0.3 is 5.97 Å². The average Bonchev–Trinajstić information content (AvgIpc) is 2.40. The minimum absolute atomic E-state index is 0.285. The standard InChI is InChI=1S/C16H24N2O2S/c1-11-13(15(19)20-16(2,3)4)9-12(21)10-14(11)18-7-5-17-6-8-18/h9-10,17,21H,5-8H2,1-4H3. The van der Waals surface area contributed by atoms with E-state index in [1.165, 1.54) is 0 Å². The molecule has 1 fully saturated rings. The van der Waals surface area contributed by atoms with Crippen LogP contribution in [0.25, 0.3) is 0 Å². The van der Waals surface area contributed by atoms with Crippen molar-refractivity contribution in [3.63, 3.8) is 0 Å². The van der Waals surface area contributed by atoms with Gasteiger partial charge in [-0.1, -0.05) is 0 Å². The molecule has 0 radical (unpaired) electrons. The minimum atomic E-state index is -0.495. The second kappa shape index (κ2) is 6.28. The number of thiol groups is 1. The Hall–Kier alpha value is -1.20. The molecule has 0 aromatic heterocycles. The number of carbonyl (C=O) groups is 1. The van der Waals surface area contributed by atoms with Gasteiger partial charge in [-0.3, -0.25) is 0 Å². The Morgan fingerprint density at radius 1 is 1.29 bits per heavy atom. The fourth-order valence-electron chi connectivity index (χ4n) is 2.46. The van der Waals surface area contributed by atoms with Crippen LogP contribution in [-0.2, 0) is 4.74 Å². The van der Waals surface area contributed by atoms with Crippen LogP contribution in [0.1, 0.15) is 36.7 Å². The van der Waals surface area contributed by atoms with Crippen molar-refractivity contribution in [2.45, 2.75) is 38.2 Å². The van der Waals surface area contributed by atoms with Gasteiger partial charge in [-0.2, -0.15) is 0 Å². The first-order valence-electron chi connectivity index (χ1n) is 7.30. The molecule has 2 rings (SSSR count). The number of nitrogens with zero attached hydrogens (tertiary/aromatic N) is 1. The van der Waals surface area contributed by atoms with Crippen LogP contribution in [0.5, 0.6) is 0 Å². The molecular formula is C16H24N2O2S. The summed E-state index contributed by atoms with van der Waals surface area (Å²) in [6.45, 7) is 11.4. The molecule has 21 heavy (non-hydrogen) atoms. The van der Waals surface area contributed by atoms with Gasteiger partial charge in [0.25, 0.3) is 0 Å². The zero-order valence-corrected chi connectivity index (χ0v) is 14.1. The Labute approximate surface area is 132 Å². The van der Waals surface area contributed by atoms with Gasteiger partial charge in [0.1, 0.15) is 5.60 Å². The van der Waals surface area contributed by atoms with E-state index in [0.29, 0.717) is 5.56 Å². The Balaban J connectivity index is 2.34. The number of rotatable bonds is 2. The molecule has 1 aromatic rings. The van der Waals surface area contributed by atoms with Crippen LogP contribution in [0, 0.1) is 6.92 Å². The zero-order valence-electron chi connectivity index (χ0n) is 13.2. The van der Waals surface area contributed by atoms with Crippen molar-refractivity contribution in [3.8, 4) is 0 Å². The molecule has 1 saturated heterocycles. The summed E-state index contributed by atoms with van der Waals surface area (Å²) in [6.07, 6.45) is 0. The lowest BCUT2D eigenvalue weighted by Gasteiger charge is -2.31. The highest BCUT2D eigenvalue weighted by Gasteiger charge is 2.23. The molecule has 0 spiro atoms. The number of nitrogens with one attached hydrogen (secondary N) is 1. The molecule has 0 saturated carbocycles. The monoisotopic (exact) mass is 308 g/mol. The largest absolute Gasteiger partial charge is 0.456 e. The quantitative estimate of drug-likeness (QED) is 0.651. The molecule has 116 valence electrons. The first-order chi connectivity index (χ1) is 9.78. The van der Waals surface area contributed by atoms with Crippen LogP contribution in [0.4, 0.5) is 5.69 Å². The maximum absolute atomic E-state index is 12.4. The predicted octanol–water partition coefficient (Wildman–Crippen LogP) is 2.65. The van der Waals surface area contributed by atoms with Gasteiger partial charge in [-0.15, -0.1) is 12.6 Å². The van der Waals surface area contributed by atoms with Crippen molar-refractivity contribution < 1.29 is 9.53 Å². The van der Waals surface area contributed by atoms with E-state index in [1.54, 1.807) is 6.07 Å². The lowest BCUT2D eigenvalue weighted by molar-refractivity contribution is 0.00685. The topological polar surface area (TPSA) is 41.6 Å². The molecule has 1 aliphatic rings. The Morgan fingerprint density at radius 3 is 2.48 bits per heavy atom. The van der Waals surface area contributed by atoms with Crippen molar-refractivity contribution in [2.24, 2.45) is 0 Å². The first kappa shape index (κ1) is 16.2. The molecule has 1 N–H and O–H groups in total. The molecule has 4 nitrogen and oxygen atoms in total. The van der Waals surface area contributed by atoms with Crippen LogP contribution in [0.15, 0.2) is 17.0 Å².